The highest BCUT2D eigenvalue weighted by Crippen LogP contribution is 2.38. The van der Waals surface area contributed by atoms with Gasteiger partial charge in [-0.3, -0.25) is 4.79 Å². The van der Waals surface area contributed by atoms with E-state index in [0.717, 1.165) is 23.4 Å². The van der Waals surface area contributed by atoms with E-state index in [-0.39, 0.29) is 5.91 Å². The zero-order chi connectivity index (χ0) is 12.1. The molecule has 2 saturated carbocycles. The van der Waals surface area contributed by atoms with Crippen molar-refractivity contribution in [3.63, 3.8) is 0 Å². The number of amides is 1. The van der Waals surface area contributed by atoms with Gasteiger partial charge in [-0.15, -0.1) is 11.3 Å². The summed E-state index contributed by atoms with van der Waals surface area (Å²) in [6.07, 6.45) is 9.53. The number of aromatic nitrogens is 1. The van der Waals surface area contributed by atoms with E-state index in [1.54, 1.807) is 11.3 Å². The number of fused-ring (bicyclic) bond motifs is 1. The van der Waals surface area contributed by atoms with Gasteiger partial charge in [0.2, 0.25) is 0 Å². The Balaban J connectivity index is 1.52. The van der Waals surface area contributed by atoms with Crippen LogP contribution in [0.1, 0.15) is 41.4 Å². The molecule has 3 nitrogen and oxygen atoms in total. The number of nitrogens with one attached hydrogen (secondary N) is 1. The van der Waals surface area contributed by atoms with Crippen molar-refractivity contribution in [1.29, 1.82) is 0 Å². The predicted molar refractivity (Wildman–Crippen MR) is 73.1 cm³/mol. The van der Waals surface area contributed by atoms with E-state index in [1.165, 1.54) is 35.8 Å². The number of hydrogen-bond acceptors (Lipinski definition) is 2. The minimum atomic E-state index is 0.0982. The third-order valence-electron chi connectivity index (χ3n) is 3.79. The minimum Gasteiger partial charge on any atom is -0.351 e. The van der Waals surface area contributed by atoms with Crippen molar-refractivity contribution in [2.24, 2.45) is 5.92 Å². The topological polar surface area (TPSA) is 34.0 Å². The van der Waals surface area contributed by atoms with Crippen molar-refractivity contribution >= 4 is 27.3 Å². The maximum atomic E-state index is 12.0. The van der Waals surface area contributed by atoms with Gasteiger partial charge in [0.05, 0.1) is 9.58 Å². The van der Waals surface area contributed by atoms with Gasteiger partial charge in [0.15, 0.2) is 0 Å². The first-order chi connectivity index (χ1) is 8.79. The number of thiophene rings is 1. The van der Waals surface area contributed by atoms with Crippen LogP contribution in [0.5, 0.6) is 0 Å². The van der Waals surface area contributed by atoms with Crippen molar-refractivity contribution in [1.82, 2.24) is 9.88 Å². The van der Waals surface area contributed by atoms with Gasteiger partial charge >= 0.3 is 0 Å². The van der Waals surface area contributed by atoms with Crippen molar-refractivity contribution in [2.75, 3.05) is 6.54 Å². The molecule has 2 heterocycles. The summed E-state index contributed by atoms with van der Waals surface area (Å²) in [5, 5.41) is 4.24. The first-order valence-corrected chi connectivity index (χ1v) is 7.50. The van der Waals surface area contributed by atoms with Crippen LogP contribution in [0.4, 0.5) is 0 Å². The molecule has 0 radical (unpaired) electrons. The number of nitrogens with zero attached hydrogens (tertiary/aromatic N) is 1. The van der Waals surface area contributed by atoms with Crippen LogP contribution in [0.15, 0.2) is 18.5 Å². The summed E-state index contributed by atoms with van der Waals surface area (Å²) in [4.78, 5) is 12.8. The highest BCUT2D eigenvalue weighted by molar-refractivity contribution is 7.20. The minimum absolute atomic E-state index is 0.0982. The zero-order valence-corrected chi connectivity index (χ0v) is 11.0. The Kier molecular flexibility index (Phi) is 2.27. The molecule has 2 aliphatic rings. The smallest absolute Gasteiger partial charge is 0.261 e. The van der Waals surface area contributed by atoms with Gasteiger partial charge in [-0.1, -0.05) is 0 Å². The maximum Gasteiger partial charge on any atom is 0.261 e. The number of rotatable bonds is 4. The Hall–Kier alpha value is -1.29. The normalized spacial score (nSPS) is 19.3. The first-order valence-electron chi connectivity index (χ1n) is 6.69. The van der Waals surface area contributed by atoms with Gasteiger partial charge in [0.1, 0.15) is 0 Å². The number of hydrogen-bond donors (Lipinski definition) is 1. The van der Waals surface area contributed by atoms with Crippen molar-refractivity contribution in [2.45, 2.75) is 31.7 Å². The lowest BCUT2D eigenvalue weighted by Crippen LogP contribution is -2.24. The SMILES string of the molecule is O=C(NCC1CC1)c1cc2cn(C3CC3)cc2s1. The van der Waals surface area contributed by atoms with Crippen LogP contribution >= 0.6 is 11.3 Å². The van der Waals surface area contributed by atoms with Crippen LogP contribution in [0.3, 0.4) is 0 Å². The second kappa shape index (κ2) is 3.85. The van der Waals surface area contributed by atoms with E-state index in [2.05, 4.69) is 22.3 Å². The van der Waals surface area contributed by atoms with E-state index in [1.807, 2.05) is 6.07 Å². The molecular formula is C14H16N2OS. The van der Waals surface area contributed by atoms with E-state index < -0.39 is 0 Å². The predicted octanol–water partition coefficient (Wildman–Crippen LogP) is 3.18. The highest BCUT2D eigenvalue weighted by Gasteiger charge is 2.25. The summed E-state index contributed by atoms with van der Waals surface area (Å²) in [5.41, 5.74) is 0. The summed E-state index contributed by atoms with van der Waals surface area (Å²) in [6, 6.07) is 2.75. The van der Waals surface area contributed by atoms with E-state index >= 15 is 0 Å². The molecule has 18 heavy (non-hydrogen) atoms. The maximum absolute atomic E-state index is 12.0. The zero-order valence-electron chi connectivity index (χ0n) is 10.2. The third-order valence-corrected chi connectivity index (χ3v) is 4.87. The van der Waals surface area contributed by atoms with Crippen LogP contribution < -0.4 is 5.32 Å². The van der Waals surface area contributed by atoms with Crippen molar-refractivity contribution in [3.8, 4) is 0 Å². The summed E-state index contributed by atoms with van der Waals surface area (Å²) in [7, 11) is 0. The molecule has 1 amide bonds. The van der Waals surface area contributed by atoms with Gasteiger partial charge in [-0.25, -0.2) is 0 Å². The molecule has 1 N–H and O–H groups in total. The van der Waals surface area contributed by atoms with Gasteiger partial charge in [0, 0.05) is 30.4 Å². The Morgan fingerprint density at radius 1 is 1.33 bits per heavy atom. The number of carbonyl (C=O) groups excluding carboxylic acids is 1. The molecule has 2 fully saturated rings. The van der Waals surface area contributed by atoms with Crippen molar-refractivity contribution < 1.29 is 4.79 Å². The molecular weight excluding hydrogens is 244 g/mol. The lowest BCUT2D eigenvalue weighted by atomic mass is 10.3. The summed E-state index contributed by atoms with van der Waals surface area (Å²) >= 11 is 1.61. The average Bonchev–Trinajstić information content (AvgIpc) is 3.25. The lowest BCUT2D eigenvalue weighted by molar-refractivity contribution is 0.0956. The molecule has 2 aromatic rings. The molecule has 0 spiro atoms. The second-order valence-corrected chi connectivity index (χ2v) is 6.60. The van der Waals surface area contributed by atoms with Crippen LogP contribution in [-0.4, -0.2) is 17.0 Å². The lowest BCUT2D eigenvalue weighted by Gasteiger charge is -2.00. The van der Waals surface area contributed by atoms with E-state index in [9.17, 15) is 4.79 Å². The molecule has 0 aliphatic heterocycles. The summed E-state index contributed by atoms with van der Waals surface area (Å²) in [6.45, 7) is 0.850. The Morgan fingerprint density at radius 2 is 2.17 bits per heavy atom. The molecule has 4 rings (SSSR count). The number of carbonyl (C=O) groups is 1. The fourth-order valence-electron chi connectivity index (χ4n) is 2.30. The fraction of sp³-hybridized carbons (Fsp3) is 0.500. The first kappa shape index (κ1) is 10.6. The third kappa shape index (κ3) is 1.94. The van der Waals surface area contributed by atoms with E-state index in [0.29, 0.717) is 0 Å². The second-order valence-electron chi connectivity index (χ2n) is 5.52. The van der Waals surface area contributed by atoms with Crippen LogP contribution in [0.25, 0.3) is 10.1 Å². The molecule has 0 unspecified atom stereocenters. The Bertz CT molecular complexity index is 573. The largest absolute Gasteiger partial charge is 0.351 e. The summed E-state index contributed by atoms with van der Waals surface area (Å²) < 4.78 is 3.53. The highest BCUT2D eigenvalue weighted by atomic mass is 32.1. The average molecular weight is 260 g/mol. The quantitative estimate of drug-likeness (QED) is 0.900. The van der Waals surface area contributed by atoms with Crippen LogP contribution in [0.2, 0.25) is 0 Å². The molecule has 94 valence electrons. The Labute approximate surface area is 110 Å². The fourth-order valence-corrected chi connectivity index (χ4v) is 3.29. The van der Waals surface area contributed by atoms with Crippen LogP contribution in [0, 0.1) is 5.92 Å². The monoisotopic (exact) mass is 260 g/mol. The van der Waals surface area contributed by atoms with Gasteiger partial charge in [0.25, 0.3) is 5.91 Å². The van der Waals surface area contributed by atoms with Gasteiger partial charge < -0.3 is 9.88 Å². The van der Waals surface area contributed by atoms with Gasteiger partial charge in [-0.2, -0.15) is 0 Å². The standard InChI is InChI=1S/C14H16N2OS/c17-14(15-6-9-1-2-9)12-5-10-7-16(11-3-4-11)8-13(10)18-12/h5,7-9,11H,1-4,6H2,(H,15,17). The van der Waals surface area contributed by atoms with Gasteiger partial charge in [-0.05, 0) is 37.7 Å². The molecule has 4 heteroatoms. The molecule has 0 atom stereocenters. The molecule has 0 bridgehead atoms. The van der Waals surface area contributed by atoms with Crippen LogP contribution in [-0.2, 0) is 0 Å². The molecule has 2 aromatic heterocycles. The molecule has 0 aromatic carbocycles. The summed E-state index contributed by atoms with van der Waals surface area (Å²) in [5.74, 6) is 0.838. The molecule has 0 saturated heterocycles. The van der Waals surface area contributed by atoms with Crippen molar-refractivity contribution in [3.05, 3.63) is 23.3 Å². The Morgan fingerprint density at radius 3 is 2.83 bits per heavy atom. The van der Waals surface area contributed by atoms with E-state index in [4.69, 9.17) is 0 Å². The molecule has 2 aliphatic carbocycles.